The SMILES string of the molecule is CNC1(C)NC(=NCc2cccc(C)n2)c2c(-c3ccccc3)coc2N1. The summed E-state index contributed by atoms with van der Waals surface area (Å²) in [6.07, 6.45) is 1.77. The molecule has 2 aromatic heterocycles. The zero-order valence-corrected chi connectivity index (χ0v) is 15.7. The van der Waals surface area contributed by atoms with Crippen molar-refractivity contribution in [3.05, 3.63) is 71.7 Å². The van der Waals surface area contributed by atoms with Crippen LogP contribution in [0.3, 0.4) is 0 Å². The Hall–Kier alpha value is -3.12. The number of hydrogen-bond donors (Lipinski definition) is 3. The minimum Gasteiger partial charge on any atom is -0.447 e. The molecule has 1 aliphatic heterocycles. The number of furan rings is 1. The van der Waals surface area contributed by atoms with E-state index >= 15 is 0 Å². The highest BCUT2D eigenvalue weighted by Crippen LogP contribution is 2.35. The lowest BCUT2D eigenvalue weighted by Gasteiger charge is -2.37. The van der Waals surface area contributed by atoms with Crippen LogP contribution < -0.4 is 16.0 Å². The summed E-state index contributed by atoms with van der Waals surface area (Å²) >= 11 is 0. The number of nitrogens with zero attached hydrogens (tertiary/aromatic N) is 2. The third kappa shape index (κ3) is 3.44. The first-order valence-corrected chi connectivity index (χ1v) is 8.97. The fourth-order valence-electron chi connectivity index (χ4n) is 3.16. The molecule has 1 aromatic carbocycles. The molecule has 0 spiro atoms. The van der Waals surface area contributed by atoms with Crippen molar-refractivity contribution >= 4 is 11.7 Å². The number of hydrogen-bond acceptors (Lipinski definition) is 5. The average molecular weight is 361 g/mol. The van der Waals surface area contributed by atoms with Crippen LogP contribution in [0.5, 0.6) is 0 Å². The number of aromatic nitrogens is 1. The van der Waals surface area contributed by atoms with Crippen molar-refractivity contribution in [3.63, 3.8) is 0 Å². The maximum Gasteiger partial charge on any atom is 0.207 e. The van der Waals surface area contributed by atoms with Gasteiger partial charge in [0.2, 0.25) is 5.88 Å². The van der Waals surface area contributed by atoms with Crippen molar-refractivity contribution in [1.29, 1.82) is 0 Å². The topological polar surface area (TPSA) is 74.5 Å². The van der Waals surface area contributed by atoms with E-state index in [4.69, 9.17) is 9.41 Å². The molecule has 1 aliphatic rings. The minimum atomic E-state index is -0.558. The van der Waals surface area contributed by atoms with Gasteiger partial charge < -0.3 is 15.1 Å². The van der Waals surface area contributed by atoms with Gasteiger partial charge in [0.15, 0.2) is 5.79 Å². The van der Waals surface area contributed by atoms with Gasteiger partial charge in [0.05, 0.1) is 17.8 Å². The molecule has 3 heterocycles. The molecule has 27 heavy (non-hydrogen) atoms. The quantitative estimate of drug-likeness (QED) is 0.663. The third-order valence-corrected chi connectivity index (χ3v) is 4.69. The molecule has 3 aromatic rings. The van der Waals surface area contributed by atoms with Crippen LogP contribution in [0.1, 0.15) is 23.9 Å². The van der Waals surface area contributed by atoms with Gasteiger partial charge in [-0.1, -0.05) is 36.4 Å². The zero-order valence-electron chi connectivity index (χ0n) is 15.7. The Bertz CT molecular complexity index is 979. The molecule has 1 unspecified atom stereocenters. The van der Waals surface area contributed by atoms with Crippen LogP contribution in [-0.2, 0) is 6.54 Å². The molecule has 0 amide bonds. The molecule has 0 saturated carbocycles. The summed E-state index contributed by atoms with van der Waals surface area (Å²) in [7, 11) is 1.88. The smallest absolute Gasteiger partial charge is 0.207 e. The first kappa shape index (κ1) is 17.3. The fraction of sp³-hybridized carbons (Fsp3) is 0.238. The summed E-state index contributed by atoms with van der Waals surface area (Å²) in [5.41, 5.74) is 4.93. The lowest BCUT2D eigenvalue weighted by atomic mass is 10.0. The number of anilines is 1. The van der Waals surface area contributed by atoms with Gasteiger partial charge in [-0.15, -0.1) is 0 Å². The van der Waals surface area contributed by atoms with E-state index in [0.29, 0.717) is 12.4 Å². The molecule has 0 aliphatic carbocycles. The van der Waals surface area contributed by atoms with Gasteiger partial charge in [-0.2, -0.15) is 0 Å². The van der Waals surface area contributed by atoms with Crippen molar-refractivity contribution in [3.8, 4) is 11.1 Å². The van der Waals surface area contributed by atoms with Crippen LogP contribution >= 0.6 is 0 Å². The first-order valence-electron chi connectivity index (χ1n) is 8.97. The number of rotatable bonds is 4. The number of pyridine rings is 1. The molecule has 6 heteroatoms. The summed E-state index contributed by atoms with van der Waals surface area (Å²) in [4.78, 5) is 9.39. The molecule has 0 bridgehead atoms. The molecule has 4 rings (SSSR count). The van der Waals surface area contributed by atoms with Crippen LogP contribution in [0.15, 0.2) is 64.2 Å². The second-order valence-corrected chi connectivity index (χ2v) is 6.78. The van der Waals surface area contributed by atoms with E-state index in [2.05, 4.69) is 33.1 Å². The summed E-state index contributed by atoms with van der Waals surface area (Å²) in [6.45, 7) is 4.48. The average Bonchev–Trinajstić information content (AvgIpc) is 3.10. The van der Waals surface area contributed by atoms with Gasteiger partial charge in [-0.05, 0) is 38.6 Å². The van der Waals surface area contributed by atoms with Gasteiger partial charge in [0.25, 0.3) is 0 Å². The van der Waals surface area contributed by atoms with E-state index in [1.807, 2.05) is 57.3 Å². The maximum absolute atomic E-state index is 5.85. The van der Waals surface area contributed by atoms with Crippen molar-refractivity contribution in [2.24, 2.45) is 4.99 Å². The number of benzene rings is 1. The number of fused-ring (bicyclic) bond motifs is 1. The summed E-state index contributed by atoms with van der Waals surface area (Å²) in [5.74, 6) is 0.912. The fourth-order valence-corrected chi connectivity index (χ4v) is 3.16. The monoisotopic (exact) mass is 361 g/mol. The van der Waals surface area contributed by atoms with E-state index in [1.165, 1.54) is 0 Å². The Kier molecular flexibility index (Phi) is 4.41. The minimum absolute atomic E-state index is 0.489. The maximum atomic E-state index is 5.85. The predicted octanol–water partition coefficient (Wildman–Crippen LogP) is 3.51. The standard InChI is InChI=1S/C21H23N5O/c1-14-8-7-11-16(24-14)12-23-19-18-17(15-9-5-4-6-10-15)13-27-20(18)26-21(2,22-3)25-19/h4-11,13,22,26H,12H2,1-3H3,(H,23,25). The molecule has 1 atom stereocenters. The molecule has 138 valence electrons. The van der Waals surface area contributed by atoms with Crippen molar-refractivity contribution < 1.29 is 4.42 Å². The number of aliphatic imine (C=N–C) groups is 1. The highest BCUT2D eigenvalue weighted by Gasteiger charge is 2.35. The largest absolute Gasteiger partial charge is 0.447 e. The Balaban J connectivity index is 1.77. The molecule has 0 fully saturated rings. The van der Waals surface area contributed by atoms with E-state index < -0.39 is 5.79 Å². The molecule has 3 N–H and O–H groups in total. The molecule has 0 radical (unpaired) electrons. The summed E-state index contributed by atoms with van der Waals surface area (Å²) < 4.78 is 5.85. The van der Waals surface area contributed by atoms with Crippen molar-refractivity contribution in [2.75, 3.05) is 12.4 Å². The van der Waals surface area contributed by atoms with E-state index in [-0.39, 0.29) is 0 Å². The molecular weight excluding hydrogens is 338 g/mol. The van der Waals surface area contributed by atoms with Gasteiger partial charge in [-0.3, -0.25) is 15.3 Å². The highest BCUT2D eigenvalue weighted by molar-refractivity contribution is 6.10. The second kappa shape index (κ2) is 6.89. The van der Waals surface area contributed by atoms with E-state index in [9.17, 15) is 0 Å². The van der Waals surface area contributed by atoms with Gasteiger partial charge in [-0.25, -0.2) is 0 Å². The van der Waals surface area contributed by atoms with Gasteiger partial charge in [0, 0.05) is 11.3 Å². The third-order valence-electron chi connectivity index (χ3n) is 4.69. The van der Waals surface area contributed by atoms with E-state index in [1.54, 1.807) is 6.26 Å². The highest BCUT2D eigenvalue weighted by atomic mass is 16.3. The number of amidine groups is 1. The Labute approximate surface area is 158 Å². The van der Waals surface area contributed by atoms with Crippen LogP contribution in [0.2, 0.25) is 0 Å². The van der Waals surface area contributed by atoms with Gasteiger partial charge >= 0.3 is 0 Å². The van der Waals surface area contributed by atoms with Crippen molar-refractivity contribution in [2.45, 2.75) is 26.2 Å². The lowest BCUT2D eigenvalue weighted by Crippen LogP contribution is -2.63. The van der Waals surface area contributed by atoms with Crippen LogP contribution in [0.4, 0.5) is 5.88 Å². The summed E-state index contributed by atoms with van der Waals surface area (Å²) in [6, 6.07) is 16.1. The predicted molar refractivity (Wildman–Crippen MR) is 108 cm³/mol. The Morgan fingerprint density at radius 3 is 2.67 bits per heavy atom. The van der Waals surface area contributed by atoms with Crippen LogP contribution in [0.25, 0.3) is 11.1 Å². The number of nitrogens with one attached hydrogen (secondary N) is 3. The molecular formula is C21H23N5O. The Morgan fingerprint density at radius 1 is 1.11 bits per heavy atom. The zero-order chi connectivity index (χ0) is 18.9. The van der Waals surface area contributed by atoms with Crippen LogP contribution in [0, 0.1) is 6.92 Å². The lowest BCUT2D eigenvalue weighted by molar-refractivity contribution is 0.386. The first-order chi connectivity index (χ1) is 13.1. The van der Waals surface area contributed by atoms with Gasteiger partial charge in [0.1, 0.15) is 12.1 Å². The summed E-state index contributed by atoms with van der Waals surface area (Å²) in [5, 5.41) is 10.1. The number of aryl methyl sites for hydroxylation is 1. The molecule has 0 saturated heterocycles. The molecule has 6 nitrogen and oxygen atoms in total. The Morgan fingerprint density at radius 2 is 1.93 bits per heavy atom. The van der Waals surface area contributed by atoms with Crippen molar-refractivity contribution in [1.82, 2.24) is 15.6 Å². The normalized spacial score (nSPS) is 20.0. The second-order valence-electron chi connectivity index (χ2n) is 6.78. The van der Waals surface area contributed by atoms with Crippen LogP contribution in [-0.4, -0.2) is 23.7 Å². The van der Waals surface area contributed by atoms with E-state index in [0.717, 1.165) is 33.9 Å².